The zero-order valence-corrected chi connectivity index (χ0v) is 17.4. The van der Waals surface area contributed by atoms with Crippen LogP contribution in [0.1, 0.15) is 49.0 Å². The monoisotopic (exact) mass is 404 g/mol. The van der Waals surface area contributed by atoms with Crippen LogP contribution in [-0.2, 0) is 16.4 Å². The number of anilines is 1. The van der Waals surface area contributed by atoms with Crippen molar-refractivity contribution < 1.29 is 17.9 Å². The lowest BCUT2D eigenvalue weighted by Gasteiger charge is -2.13. The number of aryl methyl sites for hydroxylation is 1. The van der Waals surface area contributed by atoms with Gasteiger partial charge in [0.15, 0.2) is 0 Å². The number of benzene rings is 2. The molecular formula is C21H28N2O4S. The van der Waals surface area contributed by atoms with Gasteiger partial charge in [-0.1, -0.05) is 38.8 Å². The van der Waals surface area contributed by atoms with Crippen molar-refractivity contribution >= 4 is 21.6 Å². The van der Waals surface area contributed by atoms with Crippen molar-refractivity contribution in [1.82, 2.24) is 5.32 Å². The molecule has 2 N–H and O–H groups in total. The first-order chi connectivity index (χ1) is 13.4. The molecule has 0 unspecified atom stereocenters. The standard InChI is InChI=1S/C21H28N2O4S/c1-4-6-7-14-22-21(24)17-10-13-19(27-3)20(15-17)28(25,26)23-18-11-8-16(5-2)9-12-18/h8-13,15,23H,4-7,14H2,1-3H3,(H,22,24). The molecule has 0 aliphatic carbocycles. The summed E-state index contributed by atoms with van der Waals surface area (Å²) >= 11 is 0. The number of ether oxygens (including phenoxy) is 1. The van der Waals surface area contributed by atoms with E-state index in [4.69, 9.17) is 4.74 Å². The molecule has 0 aromatic heterocycles. The van der Waals surface area contributed by atoms with Crippen LogP contribution in [0, 0.1) is 0 Å². The topological polar surface area (TPSA) is 84.5 Å². The Balaban J connectivity index is 2.24. The number of amides is 1. The second kappa shape index (κ2) is 10.1. The summed E-state index contributed by atoms with van der Waals surface area (Å²) in [5, 5.41) is 2.82. The summed E-state index contributed by atoms with van der Waals surface area (Å²) in [4.78, 5) is 12.3. The highest BCUT2D eigenvalue weighted by atomic mass is 32.2. The van der Waals surface area contributed by atoms with Crippen LogP contribution in [0.4, 0.5) is 5.69 Å². The van der Waals surface area contributed by atoms with Crippen LogP contribution in [0.3, 0.4) is 0 Å². The Labute approximate surface area is 167 Å². The predicted molar refractivity (Wildman–Crippen MR) is 111 cm³/mol. The lowest BCUT2D eigenvalue weighted by atomic mass is 10.2. The van der Waals surface area contributed by atoms with Gasteiger partial charge < -0.3 is 10.1 Å². The average Bonchev–Trinajstić information content (AvgIpc) is 2.71. The summed E-state index contributed by atoms with van der Waals surface area (Å²) in [6.07, 6.45) is 3.85. The van der Waals surface area contributed by atoms with E-state index in [0.29, 0.717) is 12.2 Å². The van der Waals surface area contributed by atoms with E-state index in [-0.39, 0.29) is 22.1 Å². The van der Waals surface area contributed by atoms with Gasteiger partial charge in [-0.15, -0.1) is 0 Å². The summed E-state index contributed by atoms with van der Waals surface area (Å²) in [5.41, 5.74) is 1.84. The fourth-order valence-electron chi connectivity index (χ4n) is 2.73. The van der Waals surface area contributed by atoms with Gasteiger partial charge in [0.25, 0.3) is 15.9 Å². The molecule has 0 spiro atoms. The van der Waals surface area contributed by atoms with Crippen LogP contribution in [0.25, 0.3) is 0 Å². The van der Waals surface area contributed by atoms with E-state index in [0.717, 1.165) is 31.2 Å². The summed E-state index contributed by atoms with van der Waals surface area (Å²) in [5.74, 6) is -0.122. The van der Waals surface area contributed by atoms with E-state index in [2.05, 4.69) is 17.0 Å². The molecular weight excluding hydrogens is 376 g/mol. The first-order valence-electron chi connectivity index (χ1n) is 9.49. The predicted octanol–water partition coefficient (Wildman–Crippen LogP) is 3.98. The lowest BCUT2D eigenvalue weighted by molar-refractivity contribution is 0.0952. The Bertz CT molecular complexity index is 893. The summed E-state index contributed by atoms with van der Waals surface area (Å²) in [6, 6.07) is 11.6. The van der Waals surface area contributed by atoms with Crippen LogP contribution >= 0.6 is 0 Å². The van der Waals surface area contributed by atoms with Gasteiger partial charge in [-0.2, -0.15) is 0 Å². The summed E-state index contributed by atoms with van der Waals surface area (Å²) in [7, 11) is -2.52. The molecule has 0 saturated carbocycles. The minimum atomic E-state index is -3.92. The molecule has 2 aromatic rings. The molecule has 1 amide bonds. The Morgan fingerprint density at radius 2 is 1.75 bits per heavy atom. The first kappa shape index (κ1) is 21.8. The van der Waals surface area contributed by atoms with Crippen LogP contribution in [0.15, 0.2) is 47.4 Å². The van der Waals surface area contributed by atoms with Gasteiger partial charge in [0.2, 0.25) is 0 Å². The van der Waals surface area contributed by atoms with Crippen LogP contribution in [-0.4, -0.2) is 28.0 Å². The molecule has 2 rings (SSSR count). The molecule has 6 nitrogen and oxygen atoms in total. The third-order valence-electron chi connectivity index (χ3n) is 4.40. The Morgan fingerprint density at radius 1 is 1.04 bits per heavy atom. The normalized spacial score (nSPS) is 11.1. The van der Waals surface area contributed by atoms with Crippen molar-refractivity contribution in [3.05, 3.63) is 53.6 Å². The molecule has 0 aliphatic rings. The van der Waals surface area contributed by atoms with Gasteiger partial charge in [-0.05, 0) is 48.7 Å². The van der Waals surface area contributed by atoms with Crippen molar-refractivity contribution in [1.29, 1.82) is 0 Å². The fourth-order valence-corrected chi connectivity index (χ4v) is 3.98. The number of sulfonamides is 1. The van der Waals surface area contributed by atoms with E-state index in [1.807, 2.05) is 19.1 Å². The molecule has 2 aromatic carbocycles. The maximum Gasteiger partial charge on any atom is 0.265 e. The largest absolute Gasteiger partial charge is 0.495 e. The highest BCUT2D eigenvalue weighted by Gasteiger charge is 2.22. The van der Waals surface area contributed by atoms with Gasteiger partial charge >= 0.3 is 0 Å². The quantitative estimate of drug-likeness (QED) is 0.587. The third kappa shape index (κ3) is 5.73. The maximum atomic E-state index is 12.9. The Morgan fingerprint density at radius 3 is 2.36 bits per heavy atom. The fraction of sp³-hybridized carbons (Fsp3) is 0.381. The number of carbonyl (C=O) groups excluding carboxylic acids is 1. The molecule has 0 atom stereocenters. The summed E-state index contributed by atoms with van der Waals surface area (Å²) < 4.78 is 33.5. The lowest BCUT2D eigenvalue weighted by Crippen LogP contribution is -2.25. The molecule has 0 aliphatic heterocycles. The first-order valence-corrected chi connectivity index (χ1v) is 11.0. The Kier molecular flexibility index (Phi) is 7.87. The molecule has 152 valence electrons. The maximum absolute atomic E-state index is 12.9. The molecule has 0 bridgehead atoms. The molecule has 0 heterocycles. The second-order valence-electron chi connectivity index (χ2n) is 6.48. The minimum Gasteiger partial charge on any atom is -0.495 e. The second-order valence-corrected chi connectivity index (χ2v) is 8.14. The van der Waals surface area contributed by atoms with E-state index in [1.165, 1.54) is 19.2 Å². The van der Waals surface area contributed by atoms with Gasteiger partial charge in [-0.25, -0.2) is 8.42 Å². The van der Waals surface area contributed by atoms with Gasteiger partial charge in [-0.3, -0.25) is 9.52 Å². The smallest absolute Gasteiger partial charge is 0.265 e. The van der Waals surface area contributed by atoms with Crippen molar-refractivity contribution in [2.45, 2.75) is 44.4 Å². The highest BCUT2D eigenvalue weighted by Crippen LogP contribution is 2.27. The molecule has 0 radical (unpaired) electrons. The average molecular weight is 405 g/mol. The molecule has 0 fully saturated rings. The molecule has 0 saturated heterocycles. The number of carbonyl (C=O) groups is 1. The number of methoxy groups -OCH3 is 1. The van der Waals surface area contributed by atoms with E-state index in [9.17, 15) is 13.2 Å². The van der Waals surface area contributed by atoms with Crippen LogP contribution in [0.2, 0.25) is 0 Å². The zero-order chi connectivity index (χ0) is 20.6. The third-order valence-corrected chi connectivity index (χ3v) is 5.80. The van der Waals surface area contributed by atoms with Gasteiger partial charge in [0.1, 0.15) is 10.6 Å². The molecule has 28 heavy (non-hydrogen) atoms. The van der Waals surface area contributed by atoms with E-state index >= 15 is 0 Å². The van der Waals surface area contributed by atoms with Crippen LogP contribution < -0.4 is 14.8 Å². The summed E-state index contributed by atoms with van der Waals surface area (Å²) in [6.45, 7) is 4.68. The van der Waals surface area contributed by atoms with Crippen molar-refractivity contribution in [2.24, 2.45) is 0 Å². The van der Waals surface area contributed by atoms with E-state index in [1.54, 1.807) is 18.2 Å². The van der Waals surface area contributed by atoms with Gasteiger partial charge in [0, 0.05) is 17.8 Å². The number of nitrogens with one attached hydrogen (secondary N) is 2. The number of hydrogen-bond donors (Lipinski definition) is 2. The van der Waals surface area contributed by atoms with Gasteiger partial charge in [0.05, 0.1) is 7.11 Å². The molecule has 7 heteroatoms. The minimum absolute atomic E-state index is 0.0734. The van der Waals surface area contributed by atoms with Crippen molar-refractivity contribution in [2.75, 3.05) is 18.4 Å². The SMILES string of the molecule is CCCCCNC(=O)c1ccc(OC)c(S(=O)(=O)Nc2ccc(CC)cc2)c1. The Hall–Kier alpha value is -2.54. The van der Waals surface area contributed by atoms with Crippen molar-refractivity contribution in [3.63, 3.8) is 0 Å². The van der Waals surface area contributed by atoms with Crippen molar-refractivity contribution in [3.8, 4) is 5.75 Å². The highest BCUT2D eigenvalue weighted by molar-refractivity contribution is 7.92. The van der Waals surface area contributed by atoms with Crippen LogP contribution in [0.5, 0.6) is 5.75 Å². The number of hydrogen-bond acceptors (Lipinski definition) is 4. The van der Waals surface area contributed by atoms with E-state index < -0.39 is 10.0 Å². The zero-order valence-electron chi connectivity index (χ0n) is 16.6. The number of unbranched alkanes of at least 4 members (excludes halogenated alkanes) is 2. The number of rotatable bonds is 10.